The third-order valence-electron chi connectivity index (χ3n) is 2.42. The highest BCUT2D eigenvalue weighted by Crippen LogP contribution is 2.19. The Morgan fingerprint density at radius 2 is 2.12 bits per heavy atom. The minimum Gasteiger partial charge on any atom is -0.382 e. The Bertz CT molecular complexity index is 444. The molecule has 0 saturated heterocycles. The summed E-state index contributed by atoms with van der Waals surface area (Å²) in [6.45, 7) is 11.5. The van der Waals surface area contributed by atoms with E-state index >= 15 is 0 Å². The molecule has 0 atom stereocenters. The molecule has 3 nitrogen and oxygen atoms in total. The lowest BCUT2D eigenvalue weighted by atomic mass is 10.1. The summed E-state index contributed by atoms with van der Waals surface area (Å²) in [7, 11) is 0. The molecular weight excluding hydrogens is 198 g/mol. The molecule has 1 aromatic heterocycles. The van der Waals surface area contributed by atoms with E-state index in [0.717, 1.165) is 29.0 Å². The molecule has 84 valence electrons. The standard InChI is InChI=1S/C13H17N3/c1-5-9(4)10(6-2)12-8-15-13(14)11(7-3)16-12/h5-6,8H,1-2,7H2,3-4H3,(H2,14,15)/b10-9+. The van der Waals surface area contributed by atoms with Gasteiger partial charge in [0.25, 0.3) is 0 Å². The summed E-state index contributed by atoms with van der Waals surface area (Å²) in [5.41, 5.74) is 9.28. The van der Waals surface area contributed by atoms with Gasteiger partial charge in [-0.1, -0.05) is 32.2 Å². The minimum absolute atomic E-state index is 0.492. The molecule has 0 radical (unpaired) electrons. The van der Waals surface area contributed by atoms with E-state index in [1.165, 1.54) is 0 Å². The molecule has 1 rings (SSSR count). The summed E-state index contributed by atoms with van der Waals surface area (Å²) < 4.78 is 0. The van der Waals surface area contributed by atoms with Crippen LogP contribution >= 0.6 is 0 Å². The Morgan fingerprint density at radius 1 is 1.44 bits per heavy atom. The summed E-state index contributed by atoms with van der Waals surface area (Å²) >= 11 is 0. The fourth-order valence-corrected chi connectivity index (χ4v) is 1.40. The van der Waals surface area contributed by atoms with E-state index in [-0.39, 0.29) is 0 Å². The summed E-state index contributed by atoms with van der Waals surface area (Å²) in [5, 5.41) is 0. The molecule has 0 aromatic carbocycles. The largest absolute Gasteiger partial charge is 0.382 e. The zero-order valence-corrected chi connectivity index (χ0v) is 9.83. The zero-order chi connectivity index (χ0) is 12.1. The fraction of sp³-hybridized carbons (Fsp3) is 0.231. The lowest BCUT2D eigenvalue weighted by molar-refractivity contribution is 0.997. The summed E-state index contributed by atoms with van der Waals surface area (Å²) in [6.07, 6.45) is 5.97. The van der Waals surface area contributed by atoms with E-state index in [0.29, 0.717) is 5.82 Å². The van der Waals surface area contributed by atoms with Crippen LogP contribution in [0, 0.1) is 0 Å². The Labute approximate surface area is 96.4 Å². The summed E-state index contributed by atoms with van der Waals surface area (Å²) in [4.78, 5) is 8.60. The van der Waals surface area contributed by atoms with Crippen LogP contribution in [-0.4, -0.2) is 9.97 Å². The van der Waals surface area contributed by atoms with Gasteiger partial charge in [0.05, 0.1) is 17.6 Å². The quantitative estimate of drug-likeness (QED) is 0.786. The van der Waals surface area contributed by atoms with E-state index in [4.69, 9.17) is 5.73 Å². The molecular formula is C13H17N3. The van der Waals surface area contributed by atoms with Gasteiger partial charge in [-0.05, 0) is 18.9 Å². The molecule has 16 heavy (non-hydrogen) atoms. The number of hydrogen-bond acceptors (Lipinski definition) is 3. The molecule has 2 N–H and O–H groups in total. The minimum atomic E-state index is 0.492. The van der Waals surface area contributed by atoms with Crippen molar-refractivity contribution in [2.75, 3.05) is 5.73 Å². The van der Waals surface area contributed by atoms with Crippen molar-refractivity contribution in [1.29, 1.82) is 0 Å². The maximum absolute atomic E-state index is 5.71. The highest BCUT2D eigenvalue weighted by atomic mass is 14.9. The predicted molar refractivity (Wildman–Crippen MR) is 68.8 cm³/mol. The third kappa shape index (κ3) is 2.37. The number of nitrogens with zero attached hydrogens (tertiary/aromatic N) is 2. The van der Waals surface area contributed by atoms with Gasteiger partial charge in [0.15, 0.2) is 0 Å². The van der Waals surface area contributed by atoms with Crippen molar-refractivity contribution in [3.05, 3.63) is 48.5 Å². The fourth-order valence-electron chi connectivity index (χ4n) is 1.40. The van der Waals surface area contributed by atoms with Gasteiger partial charge in [0, 0.05) is 5.57 Å². The summed E-state index contributed by atoms with van der Waals surface area (Å²) in [5.74, 6) is 0.492. The van der Waals surface area contributed by atoms with Crippen molar-refractivity contribution in [2.24, 2.45) is 0 Å². The van der Waals surface area contributed by atoms with Gasteiger partial charge in [0.2, 0.25) is 0 Å². The van der Waals surface area contributed by atoms with Crippen molar-refractivity contribution in [3.8, 4) is 0 Å². The van der Waals surface area contributed by atoms with Crippen LogP contribution in [0.2, 0.25) is 0 Å². The number of hydrogen-bond donors (Lipinski definition) is 1. The lowest BCUT2D eigenvalue weighted by Gasteiger charge is -2.07. The molecule has 0 saturated carbocycles. The van der Waals surface area contributed by atoms with Gasteiger partial charge in [0.1, 0.15) is 5.82 Å². The second-order valence-corrected chi connectivity index (χ2v) is 3.45. The van der Waals surface area contributed by atoms with Crippen LogP contribution < -0.4 is 5.73 Å². The van der Waals surface area contributed by atoms with E-state index < -0.39 is 0 Å². The number of nitrogens with two attached hydrogens (primary N) is 1. The maximum atomic E-state index is 5.71. The number of nitrogen functional groups attached to an aromatic ring is 1. The Hall–Kier alpha value is -1.90. The Kier molecular flexibility index (Phi) is 4.00. The van der Waals surface area contributed by atoms with Crippen molar-refractivity contribution in [2.45, 2.75) is 20.3 Å². The van der Waals surface area contributed by atoms with Crippen molar-refractivity contribution < 1.29 is 0 Å². The number of anilines is 1. The first kappa shape index (κ1) is 12.2. The van der Waals surface area contributed by atoms with Gasteiger partial charge >= 0.3 is 0 Å². The molecule has 1 aromatic rings. The topological polar surface area (TPSA) is 51.8 Å². The molecule has 0 spiro atoms. The SMILES string of the molecule is C=C/C(C)=C(\C=C)c1cnc(N)c(CC)n1. The van der Waals surface area contributed by atoms with E-state index in [1.54, 1.807) is 18.3 Å². The maximum Gasteiger partial charge on any atom is 0.145 e. The third-order valence-corrected chi connectivity index (χ3v) is 2.42. The number of rotatable bonds is 4. The Morgan fingerprint density at radius 3 is 2.62 bits per heavy atom. The first-order valence-corrected chi connectivity index (χ1v) is 5.21. The van der Waals surface area contributed by atoms with Crippen molar-refractivity contribution in [3.63, 3.8) is 0 Å². The summed E-state index contributed by atoms with van der Waals surface area (Å²) in [6, 6.07) is 0. The van der Waals surface area contributed by atoms with Crippen LogP contribution in [0.4, 0.5) is 5.82 Å². The van der Waals surface area contributed by atoms with Crippen LogP contribution in [0.25, 0.3) is 5.57 Å². The van der Waals surface area contributed by atoms with Crippen molar-refractivity contribution >= 4 is 11.4 Å². The number of allylic oxidation sites excluding steroid dienone is 4. The monoisotopic (exact) mass is 215 g/mol. The van der Waals surface area contributed by atoms with Gasteiger partial charge in [-0.3, -0.25) is 0 Å². The van der Waals surface area contributed by atoms with Gasteiger partial charge in [-0.2, -0.15) is 0 Å². The van der Waals surface area contributed by atoms with Crippen LogP contribution in [0.15, 0.2) is 37.1 Å². The van der Waals surface area contributed by atoms with Crippen molar-refractivity contribution in [1.82, 2.24) is 9.97 Å². The van der Waals surface area contributed by atoms with Crippen LogP contribution in [0.5, 0.6) is 0 Å². The second kappa shape index (κ2) is 5.26. The van der Waals surface area contributed by atoms with Crippen LogP contribution in [0.3, 0.4) is 0 Å². The van der Waals surface area contributed by atoms with Gasteiger partial charge in [-0.15, -0.1) is 0 Å². The molecule has 0 aliphatic rings. The van der Waals surface area contributed by atoms with E-state index in [9.17, 15) is 0 Å². The predicted octanol–water partition coefficient (Wildman–Crippen LogP) is 2.77. The number of aromatic nitrogens is 2. The molecule has 0 unspecified atom stereocenters. The second-order valence-electron chi connectivity index (χ2n) is 3.45. The molecule has 0 fully saturated rings. The average molecular weight is 215 g/mol. The first-order chi connectivity index (χ1) is 7.63. The van der Waals surface area contributed by atoms with Gasteiger partial charge in [-0.25, -0.2) is 9.97 Å². The molecule has 0 bridgehead atoms. The zero-order valence-electron chi connectivity index (χ0n) is 9.83. The average Bonchev–Trinajstić information content (AvgIpc) is 2.31. The Balaban J connectivity index is 3.33. The molecule has 0 aliphatic carbocycles. The van der Waals surface area contributed by atoms with E-state index in [1.807, 2.05) is 13.8 Å². The highest BCUT2D eigenvalue weighted by Gasteiger charge is 2.06. The van der Waals surface area contributed by atoms with Gasteiger partial charge < -0.3 is 5.73 Å². The van der Waals surface area contributed by atoms with Crippen LogP contribution in [-0.2, 0) is 6.42 Å². The highest BCUT2D eigenvalue weighted by molar-refractivity contribution is 5.75. The molecule has 0 amide bonds. The smallest absolute Gasteiger partial charge is 0.145 e. The van der Waals surface area contributed by atoms with Crippen LogP contribution in [0.1, 0.15) is 25.2 Å². The molecule has 3 heteroatoms. The normalized spacial score (nSPS) is 11.9. The van der Waals surface area contributed by atoms with E-state index in [2.05, 4.69) is 23.1 Å². The number of aryl methyl sites for hydroxylation is 1. The molecule has 0 aliphatic heterocycles. The molecule has 1 heterocycles. The first-order valence-electron chi connectivity index (χ1n) is 5.21. The lowest BCUT2D eigenvalue weighted by Crippen LogP contribution is -2.03.